The van der Waals surface area contributed by atoms with Gasteiger partial charge >= 0.3 is 0 Å². The Hall–Kier alpha value is -1.59. The molecule has 1 atom stereocenters. The second-order valence-corrected chi connectivity index (χ2v) is 4.42. The number of ether oxygens (including phenoxy) is 1. The van der Waals surface area contributed by atoms with Crippen LogP contribution in [0.25, 0.3) is 0 Å². The van der Waals surface area contributed by atoms with Gasteiger partial charge in [-0.1, -0.05) is 0 Å². The van der Waals surface area contributed by atoms with Crippen molar-refractivity contribution in [1.82, 2.24) is 10.2 Å². The van der Waals surface area contributed by atoms with Gasteiger partial charge in [0.2, 0.25) is 5.91 Å². The molecule has 2 N–H and O–H groups in total. The first kappa shape index (κ1) is 12.9. The Morgan fingerprint density at radius 1 is 1.44 bits per heavy atom. The zero-order valence-corrected chi connectivity index (χ0v) is 10.8. The zero-order valence-electron chi connectivity index (χ0n) is 10.8. The van der Waals surface area contributed by atoms with Crippen LogP contribution in [0.5, 0.6) is 5.75 Å². The number of amides is 1. The third-order valence-electron chi connectivity index (χ3n) is 3.17. The Balaban J connectivity index is 1.97. The first-order valence-electron chi connectivity index (χ1n) is 6.06. The van der Waals surface area contributed by atoms with Crippen molar-refractivity contribution < 1.29 is 9.53 Å². The maximum atomic E-state index is 12.1. The highest BCUT2D eigenvalue weighted by Crippen LogP contribution is 2.15. The molecule has 1 aliphatic heterocycles. The number of carbonyl (C=O) groups excluding carboxylic acids is 1. The number of likely N-dealkylation sites (N-methyl/N-ethyl adjacent to an activating group) is 1. The van der Waals surface area contributed by atoms with Crippen LogP contribution in [0.2, 0.25) is 0 Å². The van der Waals surface area contributed by atoms with E-state index in [1.807, 2.05) is 31.3 Å². The fourth-order valence-corrected chi connectivity index (χ4v) is 2.00. The second kappa shape index (κ2) is 5.84. The number of carbonyl (C=O) groups is 1. The number of rotatable bonds is 3. The average molecular weight is 249 g/mol. The molecule has 1 unspecified atom stereocenters. The molecule has 98 valence electrons. The molecule has 0 saturated carbocycles. The van der Waals surface area contributed by atoms with Gasteiger partial charge in [-0.3, -0.25) is 9.69 Å². The van der Waals surface area contributed by atoms with Gasteiger partial charge in [-0.2, -0.15) is 0 Å². The highest BCUT2D eigenvalue weighted by Gasteiger charge is 2.25. The lowest BCUT2D eigenvalue weighted by atomic mass is 10.2. The molecule has 1 heterocycles. The van der Waals surface area contributed by atoms with Gasteiger partial charge in [0.1, 0.15) is 11.8 Å². The lowest BCUT2D eigenvalue weighted by Gasteiger charge is -2.31. The van der Waals surface area contributed by atoms with Crippen LogP contribution in [0.4, 0.5) is 5.69 Å². The Labute approximate surface area is 107 Å². The standard InChI is InChI=1S/C13H19N3O2/c1-16-8-7-14-9-12(16)13(17)15-10-3-5-11(18-2)6-4-10/h3-6,12,14H,7-9H2,1-2H3,(H,15,17). The van der Waals surface area contributed by atoms with Crippen LogP contribution in [-0.4, -0.2) is 50.6 Å². The topological polar surface area (TPSA) is 53.6 Å². The number of hydrogen-bond donors (Lipinski definition) is 2. The predicted molar refractivity (Wildman–Crippen MR) is 70.9 cm³/mol. The molecule has 0 spiro atoms. The Kier molecular flexibility index (Phi) is 4.17. The number of benzene rings is 1. The van der Waals surface area contributed by atoms with Gasteiger partial charge in [-0.25, -0.2) is 0 Å². The number of nitrogens with zero attached hydrogens (tertiary/aromatic N) is 1. The summed E-state index contributed by atoms with van der Waals surface area (Å²) >= 11 is 0. The van der Waals surface area contributed by atoms with E-state index in [0.717, 1.165) is 24.5 Å². The van der Waals surface area contributed by atoms with E-state index in [4.69, 9.17) is 4.74 Å². The van der Waals surface area contributed by atoms with Crippen LogP contribution >= 0.6 is 0 Å². The summed E-state index contributed by atoms with van der Waals surface area (Å²) in [6.07, 6.45) is 0. The predicted octanol–water partition coefficient (Wildman–Crippen LogP) is 0.537. The molecule has 5 nitrogen and oxygen atoms in total. The van der Waals surface area contributed by atoms with Crippen LogP contribution in [-0.2, 0) is 4.79 Å². The molecule has 1 aromatic carbocycles. The molecule has 1 fully saturated rings. The summed E-state index contributed by atoms with van der Waals surface area (Å²) in [7, 11) is 3.59. The van der Waals surface area contributed by atoms with Gasteiger partial charge in [0, 0.05) is 25.3 Å². The lowest BCUT2D eigenvalue weighted by Crippen LogP contribution is -2.54. The molecule has 0 aromatic heterocycles. The van der Waals surface area contributed by atoms with E-state index in [-0.39, 0.29) is 11.9 Å². The van der Waals surface area contributed by atoms with Crippen molar-refractivity contribution in [2.75, 3.05) is 39.1 Å². The minimum absolute atomic E-state index is 0.0230. The first-order valence-corrected chi connectivity index (χ1v) is 6.06. The Morgan fingerprint density at radius 2 is 2.17 bits per heavy atom. The van der Waals surface area contributed by atoms with E-state index in [9.17, 15) is 4.79 Å². The van der Waals surface area contributed by atoms with Crippen molar-refractivity contribution in [2.24, 2.45) is 0 Å². The number of methoxy groups -OCH3 is 1. The maximum Gasteiger partial charge on any atom is 0.243 e. The van der Waals surface area contributed by atoms with E-state index in [1.54, 1.807) is 7.11 Å². The van der Waals surface area contributed by atoms with E-state index >= 15 is 0 Å². The van der Waals surface area contributed by atoms with Gasteiger partial charge in [-0.05, 0) is 31.3 Å². The van der Waals surface area contributed by atoms with E-state index < -0.39 is 0 Å². The molecule has 18 heavy (non-hydrogen) atoms. The van der Waals surface area contributed by atoms with Crippen LogP contribution in [0.1, 0.15) is 0 Å². The Morgan fingerprint density at radius 3 is 2.78 bits per heavy atom. The van der Waals surface area contributed by atoms with Crippen molar-refractivity contribution in [2.45, 2.75) is 6.04 Å². The van der Waals surface area contributed by atoms with Gasteiger partial charge in [0.15, 0.2) is 0 Å². The van der Waals surface area contributed by atoms with Gasteiger partial charge in [0.05, 0.1) is 7.11 Å². The summed E-state index contributed by atoms with van der Waals surface area (Å²) in [6.45, 7) is 2.52. The van der Waals surface area contributed by atoms with Gasteiger partial charge < -0.3 is 15.4 Å². The number of hydrogen-bond acceptors (Lipinski definition) is 4. The minimum Gasteiger partial charge on any atom is -0.497 e. The van der Waals surface area contributed by atoms with Crippen molar-refractivity contribution in [3.8, 4) is 5.75 Å². The largest absolute Gasteiger partial charge is 0.497 e. The summed E-state index contributed by atoms with van der Waals surface area (Å²) in [5.41, 5.74) is 0.791. The molecule has 1 amide bonds. The molecule has 1 aliphatic rings. The van der Waals surface area contributed by atoms with Crippen LogP contribution in [0.15, 0.2) is 24.3 Å². The molecular formula is C13H19N3O2. The summed E-state index contributed by atoms with van der Waals surface area (Å²) in [5.74, 6) is 0.805. The molecule has 1 aromatic rings. The molecule has 0 aliphatic carbocycles. The maximum absolute atomic E-state index is 12.1. The molecule has 0 radical (unpaired) electrons. The fraction of sp³-hybridized carbons (Fsp3) is 0.462. The Bertz CT molecular complexity index is 405. The van der Waals surface area contributed by atoms with Gasteiger partial charge in [0.25, 0.3) is 0 Å². The van der Waals surface area contributed by atoms with Crippen LogP contribution < -0.4 is 15.4 Å². The molecular weight excluding hydrogens is 230 g/mol. The van der Waals surface area contributed by atoms with Gasteiger partial charge in [-0.15, -0.1) is 0 Å². The van der Waals surface area contributed by atoms with E-state index in [2.05, 4.69) is 15.5 Å². The zero-order chi connectivity index (χ0) is 13.0. The molecule has 2 rings (SSSR count). The van der Waals surface area contributed by atoms with Crippen LogP contribution in [0, 0.1) is 0 Å². The fourth-order valence-electron chi connectivity index (χ4n) is 2.00. The number of anilines is 1. The third-order valence-corrected chi connectivity index (χ3v) is 3.17. The average Bonchev–Trinajstić information content (AvgIpc) is 2.40. The quantitative estimate of drug-likeness (QED) is 0.821. The monoisotopic (exact) mass is 249 g/mol. The minimum atomic E-state index is -0.110. The number of piperazine rings is 1. The van der Waals surface area contributed by atoms with E-state index in [0.29, 0.717) is 6.54 Å². The summed E-state index contributed by atoms with van der Waals surface area (Å²) < 4.78 is 5.08. The highest BCUT2D eigenvalue weighted by atomic mass is 16.5. The van der Waals surface area contributed by atoms with E-state index in [1.165, 1.54) is 0 Å². The number of nitrogens with one attached hydrogen (secondary N) is 2. The first-order chi connectivity index (χ1) is 8.70. The summed E-state index contributed by atoms with van der Waals surface area (Å²) in [6, 6.07) is 7.23. The highest BCUT2D eigenvalue weighted by molar-refractivity contribution is 5.95. The summed E-state index contributed by atoms with van der Waals surface area (Å²) in [4.78, 5) is 14.2. The lowest BCUT2D eigenvalue weighted by molar-refractivity contribution is -0.121. The molecule has 1 saturated heterocycles. The smallest absolute Gasteiger partial charge is 0.243 e. The van der Waals surface area contributed by atoms with Crippen LogP contribution in [0.3, 0.4) is 0 Å². The normalized spacial score (nSPS) is 20.4. The van der Waals surface area contributed by atoms with Crippen molar-refractivity contribution in [3.63, 3.8) is 0 Å². The van der Waals surface area contributed by atoms with Crippen molar-refractivity contribution >= 4 is 11.6 Å². The summed E-state index contributed by atoms with van der Waals surface area (Å²) in [5, 5.41) is 6.14. The van der Waals surface area contributed by atoms with Crippen molar-refractivity contribution in [1.29, 1.82) is 0 Å². The second-order valence-electron chi connectivity index (χ2n) is 4.42. The third kappa shape index (κ3) is 3.00. The molecule has 5 heteroatoms. The SMILES string of the molecule is COc1ccc(NC(=O)C2CNCCN2C)cc1. The molecule has 0 bridgehead atoms. The van der Waals surface area contributed by atoms with Crippen molar-refractivity contribution in [3.05, 3.63) is 24.3 Å².